The third kappa shape index (κ3) is 3.70. The summed E-state index contributed by atoms with van der Waals surface area (Å²) in [5.74, 6) is 0.324. The fourth-order valence-corrected chi connectivity index (χ4v) is 3.76. The van der Waals surface area contributed by atoms with Crippen LogP contribution in [-0.2, 0) is 9.53 Å². The highest BCUT2D eigenvalue weighted by Crippen LogP contribution is 2.50. The van der Waals surface area contributed by atoms with Gasteiger partial charge in [0.15, 0.2) is 0 Å². The Morgan fingerprint density at radius 3 is 2.39 bits per heavy atom. The lowest BCUT2D eigenvalue weighted by Gasteiger charge is -2.46. The first-order valence-electron chi connectivity index (χ1n) is 6.60. The molecule has 1 rings (SSSR count). The number of thiocarbonyl (C=S) groups is 1. The Bertz CT molecular complexity index is 327. The summed E-state index contributed by atoms with van der Waals surface area (Å²) in [6.07, 6.45) is 2.78. The maximum atomic E-state index is 11.8. The molecule has 1 saturated carbocycles. The van der Waals surface area contributed by atoms with Gasteiger partial charge in [-0.1, -0.05) is 46.4 Å². The Balaban J connectivity index is 2.51. The van der Waals surface area contributed by atoms with Crippen LogP contribution >= 0.6 is 24.0 Å². The molecule has 0 aromatic carbocycles. The summed E-state index contributed by atoms with van der Waals surface area (Å²) in [4.78, 5) is 11.8. The molecule has 0 saturated heterocycles. The van der Waals surface area contributed by atoms with Gasteiger partial charge >= 0.3 is 0 Å². The maximum absolute atomic E-state index is 11.8. The molecule has 1 aliphatic carbocycles. The molecule has 0 radical (unpaired) electrons. The second kappa shape index (κ2) is 5.91. The van der Waals surface area contributed by atoms with Gasteiger partial charge in [-0.3, -0.25) is 4.79 Å². The van der Waals surface area contributed by atoms with Crippen LogP contribution in [0.3, 0.4) is 0 Å². The van der Waals surface area contributed by atoms with E-state index in [4.69, 9.17) is 17.0 Å². The van der Waals surface area contributed by atoms with Gasteiger partial charge < -0.3 is 4.74 Å². The second-order valence-corrected chi connectivity index (χ2v) is 8.02. The zero-order valence-electron chi connectivity index (χ0n) is 12.0. The Kier molecular flexibility index (Phi) is 5.24. The van der Waals surface area contributed by atoms with E-state index in [2.05, 4.69) is 34.6 Å². The van der Waals surface area contributed by atoms with Gasteiger partial charge in [0.1, 0.15) is 5.78 Å². The molecule has 0 spiro atoms. The van der Waals surface area contributed by atoms with Crippen molar-refractivity contribution >= 4 is 34.1 Å². The Hall–Kier alpha value is -0.0900. The van der Waals surface area contributed by atoms with Gasteiger partial charge in [-0.05, 0) is 35.9 Å². The number of hydrogen-bond acceptors (Lipinski definition) is 4. The molecular weight excluding hydrogens is 264 g/mol. The monoisotopic (exact) mass is 288 g/mol. The summed E-state index contributed by atoms with van der Waals surface area (Å²) >= 11 is 6.69. The van der Waals surface area contributed by atoms with Crippen LogP contribution in [0.25, 0.3) is 0 Å². The summed E-state index contributed by atoms with van der Waals surface area (Å²) in [6.45, 7) is 11.2. The fourth-order valence-electron chi connectivity index (χ4n) is 2.21. The minimum Gasteiger partial charge on any atom is -0.478 e. The molecule has 0 N–H and O–H groups in total. The van der Waals surface area contributed by atoms with Crippen molar-refractivity contribution in [1.82, 2.24) is 0 Å². The zero-order valence-corrected chi connectivity index (χ0v) is 13.7. The highest BCUT2D eigenvalue weighted by atomic mass is 32.2. The van der Waals surface area contributed by atoms with E-state index in [-0.39, 0.29) is 16.1 Å². The summed E-state index contributed by atoms with van der Waals surface area (Å²) in [5, 5.41) is 0.0139. The number of carbonyl (C=O) groups is 1. The van der Waals surface area contributed by atoms with Gasteiger partial charge in [0.05, 0.1) is 11.9 Å². The molecule has 104 valence electrons. The van der Waals surface area contributed by atoms with E-state index >= 15 is 0 Å². The highest BCUT2D eigenvalue weighted by Gasteiger charge is 2.52. The molecule has 18 heavy (non-hydrogen) atoms. The van der Waals surface area contributed by atoms with Gasteiger partial charge in [-0.15, -0.1) is 0 Å². The molecule has 0 aromatic rings. The van der Waals surface area contributed by atoms with E-state index in [1.807, 2.05) is 0 Å². The first kappa shape index (κ1) is 16.0. The molecule has 1 atom stereocenters. The molecule has 1 unspecified atom stereocenters. The third-order valence-electron chi connectivity index (χ3n) is 3.62. The molecule has 0 aliphatic heterocycles. The summed E-state index contributed by atoms with van der Waals surface area (Å²) in [6, 6.07) is 0. The molecule has 0 bridgehead atoms. The van der Waals surface area contributed by atoms with Crippen molar-refractivity contribution in [1.29, 1.82) is 0 Å². The number of hydrogen-bond donors (Lipinski definition) is 0. The van der Waals surface area contributed by atoms with E-state index in [0.29, 0.717) is 23.2 Å². The predicted molar refractivity (Wildman–Crippen MR) is 82.0 cm³/mol. The van der Waals surface area contributed by atoms with E-state index in [0.717, 1.165) is 12.8 Å². The van der Waals surface area contributed by atoms with Gasteiger partial charge in [0, 0.05) is 6.42 Å². The smallest absolute Gasteiger partial charge is 0.220 e. The Morgan fingerprint density at radius 2 is 2.00 bits per heavy atom. The van der Waals surface area contributed by atoms with Crippen molar-refractivity contribution in [3.8, 4) is 0 Å². The summed E-state index contributed by atoms with van der Waals surface area (Å²) in [5.41, 5.74) is 0.248. The predicted octanol–water partition coefficient (Wildman–Crippen LogP) is 4.22. The van der Waals surface area contributed by atoms with Crippen LogP contribution in [0.1, 0.15) is 53.9 Å². The van der Waals surface area contributed by atoms with E-state index < -0.39 is 0 Å². The topological polar surface area (TPSA) is 26.3 Å². The quantitative estimate of drug-likeness (QED) is 0.724. The van der Waals surface area contributed by atoms with Crippen molar-refractivity contribution in [2.75, 3.05) is 6.61 Å². The number of ether oxygens (including phenoxy) is 1. The van der Waals surface area contributed by atoms with Gasteiger partial charge in [-0.25, -0.2) is 0 Å². The second-order valence-electron chi connectivity index (χ2n) is 6.31. The van der Waals surface area contributed by atoms with Crippen LogP contribution in [0.15, 0.2) is 0 Å². The SMILES string of the molecule is CCC1(CC)CC(=O)C1SC(=S)OCC(C)(C)C. The lowest BCUT2D eigenvalue weighted by atomic mass is 9.64. The number of thioether (sulfide) groups is 1. The normalized spacial score (nSPS) is 22.5. The van der Waals surface area contributed by atoms with E-state index in [9.17, 15) is 4.79 Å². The molecular formula is C14H24O2S2. The zero-order chi connectivity index (χ0) is 14.0. The van der Waals surface area contributed by atoms with Crippen LogP contribution in [0, 0.1) is 10.8 Å². The van der Waals surface area contributed by atoms with Gasteiger partial charge in [-0.2, -0.15) is 0 Å². The van der Waals surface area contributed by atoms with Crippen molar-refractivity contribution in [2.24, 2.45) is 10.8 Å². The summed E-state index contributed by atoms with van der Waals surface area (Å²) < 4.78 is 6.11. The first-order valence-corrected chi connectivity index (χ1v) is 7.89. The minimum atomic E-state index is 0.0139. The van der Waals surface area contributed by atoms with Crippen molar-refractivity contribution in [3.63, 3.8) is 0 Å². The average Bonchev–Trinajstić information content (AvgIpc) is 2.29. The molecule has 1 fully saturated rings. The lowest BCUT2D eigenvalue weighted by molar-refractivity contribution is -0.131. The number of rotatable bonds is 4. The lowest BCUT2D eigenvalue weighted by Crippen LogP contribution is -2.51. The highest BCUT2D eigenvalue weighted by molar-refractivity contribution is 8.23. The van der Waals surface area contributed by atoms with Gasteiger partial charge in [0.2, 0.25) is 4.38 Å². The summed E-state index contributed by atoms with van der Waals surface area (Å²) in [7, 11) is 0. The minimum absolute atomic E-state index is 0.0139. The number of ketones is 1. The number of Topliss-reactive ketones (excluding diaryl/α,β-unsaturated/α-hetero) is 1. The molecule has 2 nitrogen and oxygen atoms in total. The van der Waals surface area contributed by atoms with Crippen molar-refractivity contribution < 1.29 is 9.53 Å². The number of carbonyl (C=O) groups excluding carboxylic acids is 1. The Morgan fingerprint density at radius 1 is 1.44 bits per heavy atom. The van der Waals surface area contributed by atoms with E-state index in [1.54, 1.807) is 0 Å². The fraction of sp³-hybridized carbons (Fsp3) is 0.857. The van der Waals surface area contributed by atoms with Crippen LogP contribution in [-0.4, -0.2) is 22.0 Å². The largest absolute Gasteiger partial charge is 0.478 e. The standard InChI is InChI=1S/C14H24O2S2/c1-6-14(7-2)8-10(15)11(14)18-12(17)16-9-13(3,4)5/h11H,6-9H2,1-5H3. The van der Waals surface area contributed by atoms with E-state index in [1.165, 1.54) is 11.8 Å². The molecule has 0 aromatic heterocycles. The van der Waals surface area contributed by atoms with Crippen molar-refractivity contribution in [2.45, 2.75) is 59.1 Å². The Labute approximate surface area is 120 Å². The maximum Gasteiger partial charge on any atom is 0.220 e. The molecule has 0 heterocycles. The van der Waals surface area contributed by atoms with Crippen LogP contribution in [0.5, 0.6) is 0 Å². The van der Waals surface area contributed by atoms with Crippen LogP contribution in [0.4, 0.5) is 0 Å². The van der Waals surface area contributed by atoms with Crippen molar-refractivity contribution in [3.05, 3.63) is 0 Å². The molecule has 0 amide bonds. The van der Waals surface area contributed by atoms with Crippen LogP contribution < -0.4 is 0 Å². The molecule has 1 aliphatic rings. The first-order chi connectivity index (χ1) is 8.24. The average molecular weight is 288 g/mol. The third-order valence-corrected chi connectivity index (χ3v) is 5.34. The van der Waals surface area contributed by atoms with Gasteiger partial charge in [0.25, 0.3) is 0 Å². The van der Waals surface area contributed by atoms with Crippen LogP contribution in [0.2, 0.25) is 0 Å². The molecule has 4 heteroatoms.